The van der Waals surface area contributed by atoms with Gasteiger partial charge in [-0.2, -0.15) is 0 Å². The summed E-state index contributed by atoms with van der Waals surface area (Å²) in [6, 6.07) is 4.24. The summed E-state index contributed by atoms with van der Waals surface area (Å²) in [5.41, 5.74) is 0.671. The molecule has 0 radical (unpaired) electrons. The molecule has 1 heterocycles. The van der Waals surface area contributed by atoms with E-state index in [-0.39, 0.29) is 41.6 Å². The highest BCUT2D eigenvalue weighted by atomic mass is 127. The van der Waals surface area contributed by atoms with Gasteiger partial charge in [-0.25, -0.2) is 9.38 Å². The quantitative estimate of drug-likeness (QED) is 0.294. The fraction of sp³-hybridized carbons (Fsp3) is 0.556. The molecular formula is C18H27FIN3O3. The molecule has 1 aromatic rings. The molecule has 1 fully saturated rings. The van der Waals surface area contributed by atoms with Crippen LogP contribution in [0.1, 0.15) is 32.3 Å². The summed E-state index contributed by atoms with van der Waals surface area (Å²) in [6.45, 7) is 6.53. The van der Waals surface area contributed by atoms with Crippen molar-refractivity contribution in [1.29, 1.82) is 0 Å². The van der Waals surface area contributed by atoms with Gasteiger partial charge in [0.1, 0.15) is 0 Å². The fourth-order valence-corrected chi connectivity index (χ4v) is 2.86. The van der Waals surface area contributed by atoms with Crippen molar-refractivity contribution in [3.8, 4) is 5.75 Å². The van der Waals surface area contributed by atoms with Gasteiger partial charge in [-0.3, -0.25) is 4.79 Å². The van der Waals surface area contributed by atoms with Gasteiger partial charge in [0.25, 0.3) is 0 Å². The number of piperidine rings is 1. The van der Waals surface area contributed by atoms with Gasteiger partial charge < -0.3 is 20.1 Å². The molecule has 0 spiro atoms. The Hall–Kier alpha value is -1.58. The zero-order valence-corrected chi connectivity index (χ0v) is 17.5. The van der Waals surface area contributed by atoms with Gasteiger partial charge in [-0.15, -0.1) is 24.0 Å². The number of halogens is 2. The summed E-state index contributed by atoms with van der Waals surface area (Å²) < 4.78 is 18.6. The maximum absolute atomic E-state index is 13.4. The number of phenolic OH excluding ortho intramolecular Hbond substituents is 1. The summed E-state index contributed by atoms with van der Waals surface area (Å²) in [5, 5.41) is 12.5. The minimum absolute atomic E-state index is 0. The van der Waals surface area contributed by atoms with E-state index in [1.54, 1.807) is 13.0 Å². The Morgan fingerprint density at radius 3 is 2.88 bits per heavy atom. The number of nitrogens with zero attached hydrogens (tertiary/aromatic N) is 2. The van der Waals surface area contributed by atoms with Crippen molar-refractivity contribution in [3.05, 3.63) is 29.6 Å². The smallest absolute Gasteiger partial charge is 0.310 e. The van der Waals surface area contributed by atoms with Crippen LogP contribution in [0.5, 0.6) is 5.75 Å². The van der Waals surface area contributed by atoms with E-state index in [1.807, 2.05) is 11.8 Å². The third-order valence-corrected chi connectivity index (χ3v) is 4.10. The van der Waals surface area contributed by atoms with E-state index in [0.717, 1.165) is 19.4 Å². The van der Waals surface area contributed by atoms with Crippen molar-refractivity contribution in [1.82, 2.24) is 10.2 Å². The van der Waals surface area contributed by atoms with Gasteiger partial charge in [0.2, 0.25) is 0 Å². The lowest BCUT2D eigenvalue weighted by atomic mass is 9.98. The summed E-state index contributed by atoms with van der Waals surface area (Å²) in [4.78, 5) is 18.6. The number of rotatable bonds is 5. The predicted molar refractivity (Wildman–Crippen MR) is 109 cm³/mol. The van der Waals surface area contributed by atoms with Gasteiger partial charge in [0.15, 0.2) is 17.5 Å². The molecular weight excluding hydrogens is 452 g/mol. The lowest BCUT2D eigenvalue weighted by molar-refractivity contribution is -0.149. The molecule has 0 aromatic heterocycles. The molecule has 2 rings (SSSR count). The summed E-state index contributed by atoms with van der Waals surface area (Å²) in [6.07, 6.45) is 1.71. The lowest BCUT2D eigenvalue weighted by Crippen LogP contribution is -2.48. The molecule has 1 saturated heterocycles. The number of nitrogens with one attached hydrogen (secondary N) is 1. The van der Waals surface area contributed by atoms with Crippen LogP contribution < -0.4 is 5.32 Å². The van der Waals surface area contributed by atoms with E-state index in [9.17, 15) is 14.3 Å². The number of phenols is 1. The minimum Gasteiger partial charge on any atom is -0.505 e. The van der Waals surface area contributed by atoms with Crippen LogP contribution in [0.15, 0.2) is 23.2 Å². The number of aromatic hydroxyl groups is 1. The van der Waals surface area contributed by atoms with Crippen LogP contribution in [0.3, 0.4) is 0 Å². The third-order valence-electron chi connectivity index (χ3n) is 4.10. The first kappa shape index (κ1) is 22.5. The number of esters is 1. The predicted octanol–water partition coefficient (Wildman–Crippen LogP) is 2.89. The van der Waals surface area contributed by atoms with Crippen molar-refractivity contribution in [2.45, 2.75) is 33.2 Å². The van der Waals surface area contributed by atoms with Crippen LogP contribution in [-0.2, 0) is 16.1 Å². The Bertz CT molecular complexity index is 628. The molecule has 1 aromatic carbocycles. The summed E-state index contributed by atoms with van der Waals surface area (Å²) in [7, 11) is 0. The average Bonchev–Trinajstić information content (AvgIpc) is 2.62. The molecule has 6 nitrogen and oxygen atoms in total. The Labute approximate surface area is 170 Å². The SMILES string of the molecule is CCNC(=NCc1ccc(O)c(F)c1)N1CCCC(C(=O)OCC)C1.I. The second kappa shape index (κ2) is 11.2. The molecule has 1 atom stereocenters. The average molecular weight is 479 g/mol. The van der Waals surface area contributed by atoms with Crippen LogP contribution in [0.4, 0.5) is 4.39 Å². The number of guanidine groups is 1. The second-order valence-electron chi connectivity index (χ2n) is 5.99. The van der Waals surface area contributed by atoms with Crippen LogP contribution in [0.25, 0.3) is 0 Å². The Balaban J connectivity index is 0.00000338. The molecule has 8 heteroatoms. The van der Waals surface area contributed by atoms with Crippen LogP contribution in [0.2, 0.25) is 0 Å². The van der Waals surface area contributed by atoms with E-state index in [0.29, 0.717) is 37.8 Å². The van der Waals surface area contributed by atoms with Crippen LogP contribution in [0, 0.1) is 11.7 Å². The van der Waals surface area contributed by atoms with Crippen molar-refractivity contribution in [3.63, 3.8) is 0 Å². The molecule has 0 saturated carbocycles. The largest absolute Gasteiger partial charge is 0.505 e. The van der Waals surface area contributed by atoms with Gasteiger partial charge >= 0.3 is 5.97 Å². The topological polar surface area (TPSA) is 74.2 Å². The fourth-order valence-electron chi connectivity index (χ4n) is 2.86. The third kappa shape index (κ3) is 6.30. The number of carbonyl (C=O) groups excluding carboxylic acids is 1. The first-order valence-electron chi connectivity index (χ1n) is 8.72. The molecule has 0 bridgehead atoms. The Morgan fingerprint density at radius 2 is 2.23 bits per heavy atom. The van der Waals surface area contributed by atoms with E-state index >= 15 is 0 Å². The van der Waals surface area contributed by atoms with Crippen LogP contribution >= 0.6 is 24.0 Å². The number of likely N-dealkylation sites (tertiary alicyclic amines) is 1. The summed E-state index contributed by atoms with van der Waals surface area (Å²) in [5.74, 6) is -0.636. The van der Waals surface area contributed by atoms with Crippen molar-refractivity contribution in [2.24, 2.45) is 10.9 Å². The van der Waals surface area contributed by atoms with E-state index in [4.69, 9.17) is 4.74 Å². The van der Waals surface area contributed by atoms with Crippen molar-refractivity contribution >= 4 is 35.9 Å². The second-order valence-corrected chi connectivity index (χ2v) is 5.99. The monoisotopic (exact) mass is 479 g/mol. The zero-order valence-electron chi connectivity index (χ0n) is 15.2. The van der Waals surface area contributed by atoms with E-state index < -0.39 is 5.82 Å². The van der Waals surface area contributed by atoms with Crippen molar-refractivity contribution in [2.75, 3.05) is 26.2 Å². The number of carbonyl (C=O) groups is 1. The first-order valence-corrected chi connectivity index (χ1v) is 8.72. The highest BCUT2D eigenvalue weighted by Gasteiger charge is 2.28. The van der Waals surface area contributed by atoms with E-state index in [1.165, 1.54) is 12.1 Å². The highest BCUT2D eigenvalue weighted by Crippen LogP contribution is 2.19. The molecule has 1 aliphatic rings. The normalized spacial score (nSPS) is 17.4. The number of hydrogen-bond acceptors (Lipinski definition) is 4. The Morgan fingerprint density at radius 1 is 1.46 bits per heavy atom. The highest BCUT2D eigenvalue weighted by molar-refractivity contribution is 14.0. The van der Waals surface area contributed by atoms with Gasteiger partial charge in [-0.05, 0) is 44.4 Å². The van der Waals surface area contributed by atoms with Crippen LogP contribution in [-0.4, -0.2) is 48.2 Å². The standard InChI is InChI=1S/C18H26FN3O3.HI/c1-3-20-18(21-11-13-7-8-16(23)15(19)10-13)22-9-5-6-14(12-22)17(24)25-4-2;/h7-8,10,14,23H,3-6,9,11-12H2,1-2H3,(H,20,21);1H. The first-order chi connectivity index (χ1) is 12.0. The van der Waals surface area contributed by atoms with Gasteiger partial charge in [-0.1, -0.05) is 6.07 Å². The molecule has 2 N–H and O–H groups in total. The lowest BCUT2D eigenvalue weighted by Gasteiger charge is -2.34. The molecule has 1 aliphatic heterocycles. The molecule has 1 unspecified atom stereocenters. The number of benzene rings is 1. The Kier molecular flexibility index (Phi) is 9.68. The molecule has 26 heavy (non-hydrogen) atoms. The molecule has 0 amide bonds. The molecule has 0 aliphatic carbocycles. The molecule has 146 valence electrons. The number of aliphatic imine (C=N–C) groups is 1. The van der Waals surface area contributed by atoms with Crippen molar-refractivity contribution < 1.29 is 19.0 Å². The van der Waals surface area contributed by atoms with Gasteiger partial charge in [0, 0.05) is 19.6 Å². The number of hydrogen-bond donors (Lipinski definition) is 2. The zero-order chi connectivity index (χ0) is 18.2. The maximum atomic E-state index is 13.4. The minimum atomic E-state index is -0.655. The van der Waals surface area contributed by atoms with E-state index in [2.05, 4.69) is 10.3 Å². The summed E-state index contributed by atoms with van der Waals surface area (Å²) >= 11 is 0. The maximum Gasteiger partial charge on any atom is 0.310 e. The van der Waals surface area contributed by atoms with Gasteiger partial charge in [0.05, 0.1) is 19.1 Å². The number of ether oxygens (including phenoxy) is 1.